The van der Waals surface area contributed by atoms with Gasteiger partial charge in [-0.2, -0.15) is 4.98 Å². The lowest BCUT2D eigenvalue weighted by atomic mass is 10.1. The number of hydrogen-bond acceptors (Lipinski definition) is 5. The average Bonchev–Trinajstić information content (AvgIpc) is 3.16. The van der Waals surface area contributed by atoms with Gasteiger partial charge in [-0.05, 0) is 11.6 Å². The van der Waals surface area contributed by atoms with E-state index in [2.05, 4.69) is 10.1 Å². The maximum Gasteiger partial charge on any atom is 0.230 e. The maximum absolute atomic E-state index is 12.7. The summed E-state index contributed by atoms with van der Waals surface area (Å²) in [6.45, 7) is 4.40. The van der Waals surface area contributed by atoms with Gasteiger partial charge < -0.3 is 14.2 Å². The monoisotopic (exact) mass is 315 g/mol. The zero-order valence-corrected chi connectivity index (χ0v) is 13.7. The number of carbonyl (C=O) groups is 1. The molecule has 0 bridgehead atoms. The van der Waals surface area contributed by atoms with Gasteiger partial charge in [0.15, 0.2) is 5.82 Å². The molecule has 1 aliphatic rings. The molecule has 1 aliphatic heterocycles. The highest BCUT2D eigenvalue weighted by Crippen LogP contribution is 2.39. The van der Waals surface area contributed by atoms with E-state index in [1.165, 1.54) is 0 Å². The summed E-state index contributed by atoms with van der Waals surface area (Å²) in [6.07, 6.45) is 1.03. The zero-order chi connectivity index (χ0) is 16.4. The zero-order valence-electron chi connectivity index (χ0n) is 13.7. The van der Waals surface area contributed by atoms with Gasteiger partial charge in [-0.1, -0.05) is 37.2 Å². The molecule has 1 unspecified atom stereocenters. The first-order chi connectivity index (χ1) is 11.1. The van der Waals surface area contributed by atoms with Crippen LogP contribution in [-0.4, -0.2) is 29.8 Å². The van der Waals surface area contributed by atoms with Crippen LogP contribution < -0.4 is 4.90 Å². The highest BCUT2D eigenvalue weighted by atomic mass is 16.5. The predicted molar refractivity (Wildman–Crippen MR) is 85.3 cm³/mol. The minimum absolute atomic E-state index is 0.0118. The Balaban J connectivity index is 1.93. The van der Waals surface area contributed by atoms with Gasteiger partial charge in [-0.15, -0.1) is 0 Å². The molecule has 0 saturated heterocycles. The number of ether oxygens (including phenoxy) is 1. The number of carbonyl (C=O) groups excluding carboxylic acids is 1. The molecule has 0 N–H and O–H groups in total. The van der Waals surface area contributed by atoms with E-state index in [-0.39, 0.29) is 17.9 Å². The fourth-order valence-corrected chi connectivity index (χ4v) is 2.83. The van der Waals surface area contributed by atoms with Crippen LogP contribution in [0, 0.1) is 0 Å². The topological polar surface area (TPSA) is 68.5 Å². The van der Waals surface area contributed by atoms with Crippen LogP contribution in [0.4, 0.5) is 5.69 Å². The van der Waals surface area contributed by atoms with Crippen LogP contribution in [-0.2, 0) is 16.0 Å². The Morgan fingerprint density at radius 3 is 2.91 bits per heavy atom. The van der Waals surface area contributed by atoms with Crippen LogP contribution in [0.1, 0.15) is 49.5 Å². The highest BCUT2D eigenvalue weighted by Gasteiger charge is 2.37. The molecule has 0 spiro atoms. The smallest absolute Gasteiger partial charge is 0.230 e. The Kier molecular flexibility index (Phi) is 4.43. The molecule has 6 heteroatoms. The molecule has 0 saturated carbocycles. The van der Waals surface area contributed by atoms with E-state index in [0.29, 0.717) is 31.2 Å². The summed E-state index contributed by atoms with van der Waals surface area (Å²) < 4.78 is 10.4. The van der Waals surface area contributed by atoms with Crippen LogP contribution in [0.15, 0.2) is 28.8 Å². The molecule has 1 aromatic carbocycles. The van der Waals surface area contributed by atoms with Crippen LogP contribution in [0.5, 0.6) is 0 Å². The molecule has 0 radical (unpaired) electrons. The second kappa shape index (κ2) is 6.50. The average molecular weight is 315 g/mol. The van der Waals surface area contributed by atoms with Gasteiger partial charge in [0, 0.05) is 25.1 Å². The van der Waals surface area contributed by atoms with Gasteiger partial charge in [0.05, 0.1) is 13.0 Å². The highest BCUT2D eigenvalue weighted by molar-refractivity contribution is 5.96. The number of hydrogen-bond donors (Lipinski definition) is 0. The molecule has 23 heavy (non-hydrogen) atoms. The predicted octanol–water partition coefficient (Wildman–Crippen LogP) is 2.86. The first-order valence-corrected chi connectivity index (χ1v) is 7.84. The van der Waals surface area contributed by atoms with Crippen molar-refractivity contribution < 1.29 is 14.1 Å². The minimum Gasteiger partial charge on any atom is -0.384 e. The van der Waals surface area contributed by atoms with Crippen molar-refractivity contribution in [3.8, 4) is 0 Å². The molecule has 0 fully saturated rings. The van der Waals surface area contributed by atoms with E-state index in [1.807, 2.05) is 38.1 Å². The second-order valence-electron chi connectivity index (χ2n) is 6.00. The summed E-state index contributed by atoms with van der Waals surface area (Å²) in [7, 11) is 1.59. The van der Waals surface area contributed by atoms with Gasteiger partial charge in [0.1, 0.15) is 6.04 Å². The van der Waals surface area contributed by atoms with Crippen LogP contribution in [0.3, 0.4) is 0 Å². The summed E-state index contributed by atoms with van der Waals surface area (Å²) >= 11 is 0. The van der Waals surface area contributed by atoms with Gasteiger partial charge >= 0.3 is 0 Å². The standard InChI is InChI=1S/C17H21N3O3/c1-11(2)17-18-16(19-23-17)14-10-12-6-4-5-7-13(12)20(14)15(21)8-9-22-3/h4-7,11,14H,8-10H2,1-3H3. The van der Waals surface area contributed by atoms with E-state index in [4.69, 9.17) is 9.26 Å². The number of anilines is 1. The van der Waals surface area contributed by atoms with Crippen molar-refractivity contribution in [3.05, 3.63) is 41.5 Å². The van der Waals surface area contributed by atoms with E-state index >= 15 is 0 Å². The van der Waals surface area contributed by atoms with Crippen molar-refractivity contribution in [2.24, 2.45) is 0 Å². The third-order valence-corrected chi connectivity index (χ3v) is 4.01. The molecular weight excluding hydrogens is 294 g/mol. The molecule has 3 rings (SSSR count). The van der Waals surface area contributed by atoms with Crippen molar-refractivity contribution >= 4 is 11.6 Å². The van der Waals surface area contributed by atoms with Crippen molar-refractivity contribution in [2.75, 3.05) is 18.6 Å². The quantitative estimate of drug-likeness (QED) is 0.848. The molecule has 1 aromatic heterocycles. The summed E-state index contributed by atoms with van der Waals surface area (Å²) in [5, 5.41) is 4.10. The maximum atomic E-state index is 12.7. The molecule has 2 heterocycles. The number of nitrogens with zero attached hydrogens (tertiary/aromatic N) is 3. The van der Waals surface area contributed by atoms with E-state index in [0.717, 1.165) is 11.3 Å². The molecule has 1 atom stereocenters. The Morgan fingerprint density at radius 2 is 2.22 bits per heavy atom. The molecular formula is C17H21N3O3. The van der Waals surface area contributed by atoms with Crippen LogP contribution in [0.2, 0.25) is 0 Å². The summed E-state index contributed by atoms with van der Waals surface area (Å²) in [6, 6.07) is 7.70. The number of aromatic nitrogens is 2. The van der Waals surface area contributed by atoms with Gasteiger partial charge in [-0.3, -0.25) is 4.79 Å². The largest absolute Gasteiger partial charge is 0.384 e. The van der Waals surface area contributed by atoms with Gasteiger partial charge in [0.2, 0.25) is 11.8 Å². The lowest BCUT2D eigenvalue weighted by molar-refractivity contribution is -0.119. The SMILES string of the molecule is COCCC(=O)N1c2ccccc2CC1c1noc(C(C)C)n1. The Labute approximate surface area is 135 Å². The number of amides is 1. The number of fused-ring (bicyclic) bond motifs is 1. The number of rotatable bonds is 5. The Morgan fingerprint density at radius 1 is 1.43 bits per heavy atom. The van der Waals surface area contributed by atoms with Crippen molar-refractivity contribution in [3.63, 3.8) is 0 Å². The number of para-hydroxylation sites is 1. The fourth-order valence-electron chi connectivity index (χ4n) is 2.83. The fraction of sp³-hybridized carbons (Fsp3) is 0.471. The van der Waals surface area contributed by atoms with Crippen molar-refractivity contribution in [2.45, 2.75) is 38.6 Å². The second-order valence-corrected chi connectivity index (χ2v) is 6.00. The minimum atomic E-state index is -0.215. The number of benzene rings is 1. The molecule has 1 amide bonds. The lowest BCUT2D eigenvalue weighted by Gasteiger charge is -2.23. The van der Waals surface area contributed by atoms with E-state index in [1.54, 1.807) is 12.0 Å². The first kappa shape index (κ1) is 15.7. The van der Waals surface area contributed by atoms with E-state index in [9.17, 15) is 4.79 Å². The van der Waals surface area contributed by atoms with Crippen molar-refractivity contribution in [1.82, 2.24) is 10.1 Å². The lowest BCUT2D eigenvalue weighted by Crippen LogP contribution is -2.33. The van der Waals surface area contributed by atoms with Crippen LogP contribution in [0.25, 0.3) is 0 Å². The normalized spacial score (nSPS) is 16.9. The molecule has 0 aliphatic carbocycles. The van der Waals surface area contributed by atoms with Crippen LogP contribution >= 0.6 is 0 Å². The van der Waals surface area contributed by atoms with Gasteiger partial charge in [0.25, 0.3) is 0 Å². The van der Waals surface area contributed by atoms with Gasteiger partial charge in [-0.25, -0.2) is 0 Å². The summed E-state index contributed by atoms with van der Waals surface area (Å²) in [4.78, 5) is 18.9. The third kappa shape index (κ3) is 2.99. The Hall–Kier alpha value is -2.21. The summed E-state index contributed by atoms with van der Waals surface area (Å²) in [5.41, 5.74) is 2.05. The molecule has 122 valence electrons. The number of methoxy groups -OCH3 is 1. The molecule has 2 aromatic rings. The van der Waals surface area contributed by atoms with E-state index < -0.39 is 0 Å². The Bertz CT molecular complexity index is 696. The molecule has 6 nitrogen and oxygen atoms in total. The van der Waals surface area contributed by atoms with Crippen molar-refractivity contribution in [1.29, 1.82) is 0 Å². The summed E-state index contributed by atoms with van der Waals surface area (Å²) in [5.74, 6) is 1.34. The third-order valence-electron chi connectivity index (χ3n) is 4.01. The first-order valence-electron chi connectivity index (χ1n) is 7.84.